The van der Waals surface area contributed by atoms with E-state index >= 15 is 0 Å². The number of nitrogens with one attached hydrogen (secondary N) is 1. The summed E-state index contributed by atoms with van der Waals surface area (Å²) in [5.74, 6) is 0.334. The van der Waals surface area contributed by atoms with Gasteiger partial charge >= 0.3 is 0 Å². The number of ether oxygens (including phenoxy) is 1. The summed E-state index contributed by atoms with van der Waals surface area (Å²) < 4.78 is 19.2. The SMILES string of the molecule is CCNCc1cc(F)cc(OCc2ccc(CC)s2)c1. The van der Waals surface area contributed by atoms with Gasteiger partial charge in [0.25, 0.3) is 0 Å². The molecule has 0 aliphatic heterocycles. The summed E-state index contributed by atoms with van der Waals surface area (Å²) in [6, 6.07) is 9.05. The van der Waals surface area contributed by atoms with Crippen LogP contribution in [0.5, 0.6) is 5.75 Å². The van der Waals surface area contributed by atoms with Gasteiger partial charge in [-0.2, -0.15) is 0 Å². The first kappa shape index (κ1) is 15.0. The molecule has 1 aromatic carbocycles. The van der Waals surface area contributed by atoms with Crippen LogP contribution in [0.2, 0.25) is 0 Å². The molecule has 0 fully saturated rings. The number of aryl methyl sites for hydroxylation is 1. The van der Waals surface area contributed by atoms with Crippen LogP contribution in [0.3, 0.4) is 0 Å². The third-order valence-electron chi connectivity index (χ3n) is 2.96. The van der Waals surface area contributed by atoms with E-state index in [9.17, 15) is 4.39 Å². The Balaban J connectivity index is 1.99. The summed E-state index contributed by atoms with van der Waals surface area (Å²) in [6.07, 6.45) is 1.04. The van der Waals surface area contributed by atoms with Crippen LogP contribution in [0.4, 0.5) is 4.39 Å². The van der Waals surface area contributed by atoms with E-state index < -0.39 is 0 Å². The maximum absolute atomic E-state index is 13.5. The Bertz CT molecular complexity index is 553. The third-order valence-corrected chi connectivity index (χ3v) is 4.16. The lowest BCUT2D eigenvalue weighted by Crippen LogP contribution is -2.12. The van der Waals surface area contributed by atoms with Crippen LogP contribution >= 0.6 is 11.3 Å². The quantitative estimate of drug-likeness (QED) is 0.828. The van der Waals surface area contributed by atoms with Crippen molar-refractivity contribution in [1.82, 2.24) is 5.32 Å². The lowest BCUT2D eigenvalue weighted by Gasteiger charge is -2.08. The second kappa shape index (κ2) is 7.41. The molecule has 0 spiro atoms. The summed E-state index contributed by atoms with van der Waals surface area (Å²) in [5.41, 5.74) is 0.905. The van der Waals surface area contributed by atoms with Crippen LogP contribution in [0.15, 0.2) is 30.3 Å². The predicted octanol–water partition coefficient (Wildman–Crippen LogP) is 4.14. The van der Waals surface area contributed by atoms with Crippen molar-refractivity contribution in [3.63, 3.8) is 0 Å². The van der Waals surface area contributed by atoms with Crippen LogP contribution in [-0.4, -0.2) is 6.54 Å². The van der Waals surface area contributed by atoms with E-state index in [4.69, 9.17) is 4.74 Å². The van der Waals surface area contributed by atoms with Gasteiger partial charge in [0, 0.05) is 22.4 Å². The van der Waals surface area contributed by atoms with Gasteiger partial charge < -0.3 is 10.1 Å². The Morgan fingerprint density at radius 1 is 1.15 bits per heavy atom. The number of halogens is 1. The number of rotatable bonds is 7. The fraction of sp³-hybridized carbons (Fsp3) is 0.375. The molecule has 0 unspecified atom stereocenters. The Morgan fingerprint density at radius 2 is 1.95 bits per heavy atom. The van der Waals surface area contributed by atoms with Gasteiger partial charge in [-0.25, -0.2) is 4.39 Å². The van der Waals surface area contributed by atoms with E-state index in [1.807, 2.05) is 13.0 Å². The van der Waals surface area contributed by atoms with Gasteiger partial charge in [-0.1, -0.05) is 13.8 Å². The van der Waals surface area contributed by atoms with Crippen molar-refractivity contribution in [2.24, 2.45) is 0 Å². The van der Waals surface area contributed by atoms with Crippen molar-refractivity contribution in [3.05, 3.63) is 51.5 Å². The van der Waals surface area contributed by atoms with E-state index in [0.717, 1.165) is 18.5 Å². The zero-order valence-corrected chi connectivity index (χ0v) is 12.7. The number of benzene rings is 1. The number of hydrogen-bond donors (Lipinski definition) is 1. The molecule has 0 radical (unpaired) electrons. The molecule has 0 aliphatic carbocycles. The van der Waals surface area contributed by atoms with Gasteiger partial charge in [-0.05, 0) is 42.8 Å². The molecule has 0 atom stereocenters. The van der Waals surface area contributed by atoms with Gasteiger partial charge in [0.1, 0.15) is 18.2 Å². The van der Waals surface area contributed by atoms with Crippen molar-refractivity contribution >= 4 is 11.3 Å². The summed E-state index contributed by atoms with van der Waals surface area (Å²) in [5, 5.41) is 3.18. The molecule has 1 N–H and O–H groups in total. The third kappa shape index (κ3) is 4.32. The maximum atomic E-state index is 13.5. The molecule has 1 aromatic heterocycles. The van der Waals surface area contributed by atoms with Crippen LogP contribution in [-0.2, 0) is 19.6 Å². The lowest BCUT2D eigenvalue weighted by atomic mass is 10.2. The van der Waals surface area contributed by atoms with Crippen LogP contribution in [0.25, 0.3) is 0 Å². The van der Waals surface area contributed by atoms with Gasteiger partial charge in [-0.15, -0.1) is 11.3 Å². The van der Waals surface area contributed by atoms with E-state index in [-0.39, 0.29) is 5.82 Å². The standard InChI is InChI=1S/C16H20FNOS/c1-3-15-5-6-16(20-15)11-19-14-8-12(10-18-4-2)7-13(17)9-14/h5-9,18H,3-4,10-11H2,1-2H3. The first-order valence-electron chi connectivity index (χ1n) is 6.91. The van der Waals surface area contributed by atoms with Crippen molar-refractivity contribution < 1.29 is 9.13 Å². The second-order valence-electron chi connectivity index (χ2n) is 4.59. The van der Waals surface area contributed by atoms with Gasteiger partial charge in [0.2, 0.25) is 0 Å². The minimum atomic E-state index is -0.254. The smallest absolute Gasteiger partial charge is 0.127 e. The molecule has 0 amide bonds. The molecule has 0 saturated heterocycles. The molecular weight excluding hydrogens is 273 g/mol. The minimum absolute atomic E-state index is 0.254. The van der Waals surface area contributed by atoms with Crippen molar-refractivity contribution in [1.29, 1.82) is 0 Å². The van der Waals surface area contributed by atoms with Crippen LogP contribution in [0, 0.1) is 5.82 Å². The van der Waals surface area contributed by atoms with Gasteiger partial charge in [-0.3, -0.25) is 0 Å². The fourth-order valence-electron chi connectivity index (χ4n) is 1.92. The lowest BCUT2D eigenvalue weighted by molar-refractivity contribution is 0.307. The molecule has 108 valence electrons. The summed E-state index contributed by atoms with van der Waals surface area (Å²) in [7, 11) is 0. The number of thiophene rings is 1. The molecule has 0 aliphatic rings. The average Bonchev–Trinajstić information content (AvgIpc) is 2.90. The van der Waals surface area contributed by atoms with Gasteiger partial charge in [0.15, 0.2) is 0 Å². The van der Waals surface area contributed by atoms with E-state index in [0.29, 0.717) is 18.9 Å². The van der Waals surface area contributed by atoms with Crippen molar-refractivity contribution in [2.45, 2.75) is 33.4 Å². The van der Waals surface area contributed by atoms with Crippen LogP contribution < -0.4 is 10.1 Å². The van der Waals surface area contributed by atoms with E-state index in [1.165, 1.54) is 21.9 Å². The number of hydrogen-bond acceptors (Lipinski definition) is 3. The Labute approximate surface area is 123 Å². The monoisotopic (exact) mass is 293 g/mol. The summed E-state index contributed by atoms with van der Waals surface area (Å²) in [6.45, 7) is 6.18. The zero-order chi connectivity index (χ0) is 14.4. The zero-order valence-electron chi connectivity index (χ0n) is 11.9. The Morgan fingerprint density at radius 3 is 2.65 bits per heavy atom. The molecule has 2 rings (SSSR count). The maximum Gasteiger partial charge on any atom is 0.127 e. The highest BCUT2D eigenvalue weighted by molar-refractivity contribution is 7.11. The van der Waals surface area contributed by atoms with E-state index in [1.54, 1.807) is 11.3 Å². The van der Waals surface area contributed by atoms with Crippen molar-refractivity contribution in [2.75, 3.05) is 6.54 Å². The topological polar surface area (TPSA) is 21.3 Å². The second-order valence-corrected chi connectivity index (χ2v) is 5.84. The molecule has 0 saturated carbocycles. The van der Waals surface area contributed by atoms with Gasteiger partial charge in [0.05, 0.1) is 0 Å². The Kier molecular flexibility index (Phi) is 5.56. The first-order chi connectivity index (χ1) is 9.71. The molecule has 0 bridgehead atoms. The molecular formula is C16H20FNOS. The molecule has 1 heterocycles. The average molecular weight is 293 g/mol. The van der Waals surface area contributed by atoms with Crippen LogP contribution in [0.1, 0.15) is 29.2 Å². The normalized spacial score (nSPS) is 10.8. The van der Waals surface area contributed by atoms with E-state index in [2.05, 4.69) is 24.4 Å². The summed E-state index contributed by atoms with van der Waals surface area (Å²) >= 11 is 1.74. The molecule has 2 nitrogen and oxygen atoms in total. The predicted molar refractivity (Wildman–Crippen MR) is 81.8 cm³/mol. The largest absolute Gasteiger partial charge is 0.488 e. The van der Waals surface area contributed by atoms with Crippen molar-refractivity contribution in [3.8, 4) is 5.75 Å². The minimum Gasteiger partial charge on any atom is -0.488 e. The summed E-state index contributed by atoms with van der Waals surface area (Å²) in [4.78, 5) is 2.51. The Hall–Kier alpha value is -1.39. The highest BCUT2D eigenvalue weighted by atomic mass is 32.1. The highest BCUT2D eigenvalue weighted by Crippen LogP contribution is 2.21. The highest BCUT2D eigenvalue weighted by Gasteiger charge is 2.04. The first-order valence-corrected chi connectivity index (χ1v) is 7.73. The molecule has 20 heavy (non-hydrogen) atoms. The fourth-order valence-corrected chi connectivity index (χ4v) is 2.79. The molecule has 2 aromatic rings. The molecule has 4 heteroatoms.